The molecule has 164 valence electrons. The topological polar surface area (TPSA) is 59.1 Å². The molecule has 4 rings (SSSR count). The van der Waals surface area contributed by atoms with E-state index in [9.17, 15) is 21.6 Å². The first-order valence-corrected chi connectivity index (χ1v) is 11.8. The fourth-order valence-corrected chi connectivity index (χ4v) is 4.85. The highest BCUT2D eigenvalue weighted by Gasteiger charge is 2.30. The molecule has 0 amide bonds. The van der Waals surface area contributed by atoms with Crippen LogP contribution in [0.15, 0.2) is 89.4 Å². The van der Waals surface area contributed by atoms with Crippen molar-refractivity contribution in [2.24, 2.45) is 0 Å². The van der Waals surface area contributed by atoms with Gasteiger partial charge in [-0.15, -0.1) is 11.3 Å². The Hall–Kier alpha value is -3.01. The molecule has 4 nitrogen and oxygen atoms in total. The molecule has 9 heteroatoms. The highest BCUT2D eigenvalue weighted by atomic mass is 32.2. The minimum Gasteiger partial charge on any atom is -0.264 e. The van der Waals surface area contributed by atoms with Crippen LogP contribution >= 0.6 is 11.3 Å². The lowest BCUT2D eigenvalue weighted by atomic mass is 10.0. The van der Waals surface area contributed by atoms with Crippen LogP contribution in [-0.2, 0) is 22.7 Å². The molecule has 0 unspecified atom stereocenters. The molecular formula is C23H17F3N2O2S2. The van der Waals surface area contributed by atoms with Crippen molar-refractivity contribution in [1.82, 2.24) is 9.71 Å². The van der Waals surface area contributed by atoms with E-state index < -0.39 is 21.8 Å². The Balaban J connectivity index is 1.49. The summed E-state index contributed by atoms with van der Waals surface area (Å²) in [7, 11) is -3.81. The second kappa shape index (κ2) is 8.85. The van der Waals surface area contributed by atoms with Gasteiger partial charge in [0, 0.05) is 29.4 Å². The van der Waals surface area contributed by atoms with Crippen LogP contribution in [0.1, 0.15) is 11.1 Å². The van der Waals surface area contributed by atoms with Crippen LogP contribution in [0.25, 0.3) is 21.6 Å². The molecule has 0 bridgehead atoms. The number of nitrogens with zero attached hydrogens (tertiary/aromatic N) is 1. The number of alkyl halides is 3. The molecule has 2 aromatic heterocycles. The Labute approximate surface area is 187 Å². The fraction of sp³-hybridized carbons (Fsp3) is 0.0870. The maximum Gasteiger partial charge on any atom is 0.416 e. The molecule has 0 radical (unpaired) electrons. The Morgan fingerprint density at radius 1 is 0.875 bits per heavy atom. The van der Waals surface area contributed by atoms with Crippen molar-refractivity contribution in [3.05, 3.63) is 95.6 Å². The van der Waals surface area contributed by atoms with Crippen molar-refractivity contribution in [2.45, 2.75) is 17.6 Å². The van der Waals surface area contributed by atoms with Gasteiger partial charge in [-0.05, 0) is 58.5 Å². The van der Waals surface area contributed by atoms with Gasteiger partial charge in [-0.2, -0.15) is 13.2 Å². The highest BCUT2D eigenvalue weighted by Crippen LogP contribution is 2.32. The lowest BCUT2D eigenvalue weighted by molar-refractivity contribution is -0.137. The molecule has 2 heterocycles. The largest absolute Gasteiger partial charge is 0.416 e. The predicted molar refractivity (Wildman–Crippen MR) is 118 cm³/mol. The third kappa shape index (κ3) is 5.07. The summed E-state index contributed by atoms with van der Waals surface area (Å²) in [5.41, 5.74) is 1.70. The molecule has 0 fully saturated rings. The van der Waals surface area contributed by atoms with E-state index in [0.717, 1.165) is 22.6 Å². The van der Waals surface area contributed by atoms with Gasteiger partial charge in [-0.1, -0.05) is 30.3 Å². The third-order valence-electron chi connectivity index (χ3n) is 4.75. The van der Waals surface area contributed by atoms with E-state index in [1.165, 1.54) is 30.3 Å². The molecule has 0 saturated heterocycles. The van der Waals surface area contributed by atoms with Crippen LogP contribution in [0.5, 0.6) is 0 Å². The molecule has 4 aromatic rings. The van der Waals surface area contributed by atoms with E-state index in [1.807, 2.05) is 23.6 Å². The number of nitrogens with one attached hydrogen (secondary N) is 1. The number of aromatic nitrogens is 1. The number of hydrogen-bond donors (Lipinski definition) is 1. The number of pyridine rings is 1. The molecule has 1 N–H and O–H groups in total. The summed E-state index contributed by atoms with van der Waals surface area (Å²) in [6.07, 6.45) is -1.13. The first kappa shape index (κ1) is 22.2. The standard InChI is InChI=1S/C23H17F3N2O2S2/c24-23(25,26)20-4-1-3-18(12-20)17-6-8-21(9-7-17)32(29,30)28-14-16-11-19(15-27-13-16)22-5-2-10-31-22/h1-13,15,28H,14H2. The molecule has 0 aliphatic carbocycles. The lowest BCUT2D eigenvalue weighted by Gasteiger charge is -2.10. The zero-order valence-corrected chi connectivity index (χ0v) is 18.1. The van der Waals surface area contributed by atoms with Gasteiger partial charge in [-0.3, -0.25) is 4.98 Å². The summed E-state index contributed by atoms with van der Waals surface area (Å²) in [5, 5.41) is 1.95. The zero-order chi connectivity index (χ0) is 22.8. The SMILES string of the molecule is O=S(=O)(NCc1cncc(-c2cccs2)c1)c1ccc(-c2cccc(C(F)(F)F)c2)cc1. The second-order valence-corrected chi connectivity index (χ2v) is 9.70. The third-order valence-corrected chi connectivity index (χ3v) is 7.09. The van der Waals surface area contributed by atoms with Crippen LogP contribution in [-0.4, -0.2) is 13.4 Å². The fourth-order valence-electron chi connectivity index (χ4n) is 3.13. The number of hydrogen-bond acceptors (Lipinski definition) is 4. The summed E-state index contributed by atoms with van der Waals surface area (Å²) in [5.74, 6) is 0. The minimum atomic E-state index is -4.45. The maximum absolute atomic E-state index is 12.9. The van der Waals surface area contributed by atoms with Crippen LogP contribution in [0.4, 0.5) is 13.2 Å². The summed E-state index contributed by atoms with van der Waals surface area (Å²) in [4.78, 5) is 5.23. The smallest absolute Gasteiger partial charge is 0.264 e. The lowest BCUT2D eigenvalue weighted by Crippen LogP contribution is -2.23. The van der Waals surface area contributed by atoms with Gasteiger partial charge in [0.1, 0.15) is 0 Å². The second-order valence-electron chi connectivity index (χ2n) is 6.99. The number of sulfonamides is 1. The van der Waals surface area contributed by atoms with Gasteiger partial charge in [0.15, 0.2) is 0 Å². The van der Waals surface area contributed by atoms with Crippen LogP contribution in [0.3, 0.4) is 0 Å². The molecule has 0 saturated carbocycles. The van der Waals surface area contributed by atoms with E-state index in [0.29, 0.717) is 16.7 Å². The molecule has 0 aliphatic heterocycles. The first-order valence-electron chi connectivity index (χ1n) is 9.47. The Morgan fingerprint density at radius 2 is 1.66 bits per heavy atom. The average Bonchev–Trinajstić information content (AvgIpc) is 3.33. The van der Waals surface area contributed by atoms with Crippen molar-refractivity contribution in [2.75, 3.05) is 0 Å². The highest BCUT2D eigenvalue weighted by molar-refractivity contribution is 7.89. The maximum atomic E-state index is 12.9. The number of halogens is 3. The van der Waals surface area contributed by atoms with Crippen LogP contribution in [0.2, 0.25) is 0 Å². The summed E-state index contributed by atoms with van der Waals surface area (Å²) in [6.45, 7) is 0.0595. The van der Waals surface area contributed by atoms with Crippen molar-refractivity contribution in [1.29, 1.82) is 0 Å². The average molecular weight is 475 g/mol. The summed E-state index contributed by atoms with van der Waals surface area (Å²) >= 11 is 1.57. The van der Waals surface area contributed by atoms with Crippen molar-refractivity contribution < 1.29 is 21.6 Å². The van der Waals surface area contributed by atoms with Gasteiger partial charge in [0.2, 0.25) is 10.0 Å². The summed E-state index contributed by atoms with van der Waals surface area (Å²) < 4.78 is 66.7. The molecular weight excluding hydrogens is 457 g/mol. The minimum absolute atomic E-state index is 0.0237. The van der Waals surface area contributed by atoms with E-state index in [1.54, 1.807) is 29.8 Å². The Bertz CT molecular complexity index is 1320. The van der Waals surface area contributed by atoms with E-state index >= 15 is 0 Å². The molecule has 32 heavy (non-hydrogen) atoms. The summed E-state index contributed by atoms with van der Waals surface area (Å²) in [6, 6.07) is 16.4. The quantitative estimate of drug-likeness (QED) is 0.374. The molecule has 2 aromatic carbocycles. The van der Waals surface area contributed by atoms with Crippen molar-refractivity contribution in [3.8, 4) is 21.6 Å². The molecule has 0 atom stereocenters. The zero-order valence-electron chi connectivity index (χ0n) is 16.5. The van der Waals surface area contributed by atoms with Crippen molar-refractivity contribution in [3.63, 3.8) is 0 Å². The molecule has 0 spiro atoms. The van der Waals surface area contributed by atoms with Gasteiger partial charge in [0.25, 0.3) is 0 Å². The van der Waals surface area contributed by atoms with E-state index in [2.05, 4.69) is 9.71 Å². The van der Waals surface area contributed by atoms with Gasteiger partial charge in [0.05, 0.1) is 10.5 Å². The van der Waals surface area contributed by atoms with Gasteiger partial charge >= 0.3 is 6.18 Å². The van der Waals surface area contributed by atoms with E-state index in [-0.39, 0.29) is 11.4 Å². The monoisotopic (exact) mass is 474 g/mol. The van der Waals surface area contributed by atoms with Crippen LogP contribution < -0.4 is 4.72 Å². The number of benzene rings is 2. The number of rotatable bonds is 6. The molecule has 0 aliphatic rings. The van der Waals surface area contributed by atoms with E-state index in [4.69, 9.17) is 0 Å². The Kier molecular flexibility index (Phi) is 6.14. The van der Waals surface area contributed by atoms with Crippen LogP contribution in [0, 0.1) is 0 Å². The normalized spacial score (nSPS) is 12.1. The predicted octanol–water partition coefficient (Wildman–Crippen LogP) is 5.97. The van der Waals surface area contributed by atoms with Crippen molar-refractivity contribution >= 4 is 21.4 Å². The van der Waals surface area contributed by atoms with Gasteiger partial charge in [-0.25, -0.2) is 13.1 Å². The van der Waals surface area contributed by atoms with Gasteiger partial charge < -0.3 is 0 Å². The Morgan fingerprint density at radius 3 is 2.34 bits per heavy atom. The first-order chi connectivity index (χ1) is 15.2. The number of thiophene rings is 1.